The van der Waals surface area contributed by atoms with Crippen LogP contribution in [-0.2, 0) is 4.79 Å². The second-order valence-electron chi connectivity index (χ2n) is 10.4. The van der Waals surface area contributed by atoms with Crippen molar-refractivity contribution in [2.45, 2.75) is 54.9 Å². The highest BCUT2D eigenvalue weighted by Gasteiger charge is 2.22. The zero-order chi connectivity index (χ0) is 32.2. The molecule has 0 radical (unpaired) electrons. The van der Waals surface area contributed by atoms with Crippen molar-refractivity contribution in [3.63, 3.8) is 0 Å². The number of carbonyl (C=O) groups excluding carboxylic acids is 2. The van der Waals surface area contributed by atoms with Crippen LogP contribution in [-0.4, -0.2) is 51.1 Å². The maximum atomic E-state index is 13.5. The minimum absolute atomic E-state index is 0.154. The topological polar surface area (TPSA) is 77.6 Å². The lowest BCUT2D eigenvalue weighted by atomic mass is 9.90. The molecule has 4 rings (SSSR count). The molecule has 1 aliphatic carbocycles. The number of hydrogen-bond donors (Lipinski definition) is 2. The molecule has 0 saturated carbocycles. The van der Waals surface area contributed by atoms with Crippen molar-refractivity contribution >= 4 is 28.5 Å². The molecule has 1 heterocycles. The molecule has 0 aromatic heterocycles. The predicted molar refractivity (Wildman–Crippen MR) is 184 cm³/mol. The monoisotopic (exact) mass is 597 g/mol. The highest BCUT2D eigenvalue weighted by molar-refractivity contribution is 6.09. The smallest absolute Gasteiger partial charge is 0.251 e. The maximum Gasteiger partial charge on any atom is 0.251 e. The minimum Gasteiger partial charge on any atom is -0.456 e. The molecule has 0 saturated heterocycles. The summed E-state index contributed by atoms with van der Waals surface area (Å²) in [7, 11) is 0. The largest absolute Gasteiger partial charge is 0.456 e. The zero-order valence-corrected chi connectivity index (χ0v) is 27.5. The number of amides is 2. The highest BCUT2D eigenvalue weighted by atomic mass is 16.3. The van der Waals surface area contributed by atoms with E-state index >= 15 is 0 Å². The molecule has 234 valence electrons. The summed E-state index contributed by atoms with van der Waals surface area (Å²) in [4.78, 5) is 27.6. The van der Waals surface area contributed by atoms with Crippen molar-refractivity contribution in [2.75, 3.05) is 44.2 Å². The number of anilines is 1. The molecule has 44 heavy (non-hydrogen) atoms. The third-order valence-electron chi connectivity index (χ3n) is 7.70. The van der Waals surface area contributed by atoms with Crippen molar-refractivity contribution in [2.24, 2.45) is 0 Å². The molecule has 2 aromatic rings. The normalized spacial score (nSPS) is 10.6. The number of nitrogens with zero attached hydrogens (tertiary/aromatic N) is 2. The van der Waals surface area contributed by atoms with Crippen molar-refractivity contribution in [1.82, 2.24) is 15.2 Å². The van der Waals surface area contributed by atoms with Gasteiger partial charge in [-0.15, -0.1) is 0 Å². The van der Waals surface area contributed by atoms with E-state index in [0.29, 0.717) is 30.6 Å². The maximum absolute atomic E-state index is 13.5. The molecule has 7 heteroatoms. The van der Waals surface area contributed by atoms with Crippen LogP contribution in [0.1, 0.15) is 65.2 Å². The first kappa shape index (κ1) is 34.1. The van der Waals surface area contributed by atoms with Crippen molar-refractivity contribution in [1.29, 1.82) is 0 Å². The van der Waals surface area contributed by atoms with Crippen LogP contribution in [0.4, 0.5) is 5.69 Å². The van der Waals surface area contributed by atoms with E-state index in [1.807, 2.05) is 38.1 Å². The molecule has 2 N–H and O–H groups in total. The van der Waals surface area contributed by atoms with Gasteiger partial charge in [-0.2, -0.15) is 0 Å². The first-order valence-electron chi connectivity index (χ1n) is 16.0. The van der Waals surface area contributed by atoms with Crippen LogP contribution in [0.2, 0.25) is 0 Å². The quantitative estimate of drug-likeness (QED) is 0.0825. The fourth-order valence-electron chi connectivity index (χ4n) is 5.37. The molecular weight excluding hydrogens is 548 g/mol. The van der Waals surface area contributed by atoms with Gasteiger partial charge in [-0.25, -0.2) is 4.58 Å². The van der Waals surface area contributed by atoms with Crippen LogP contribution in [0.5, 0.6) is 0 Å². The molecule has 0 spiro atoms. The standard InChI is InChI=1S/C35H42N4O3.C2H6/c1-7-38(8-2)25-16-18-29-31(22-25)42-32-23-26(39(9-3)10-4)17-19-30(32)33(29)27-14-11-12-15-28(27)35(41)37-21-13-20-36-34(40)24(5)6;1-2/h11-12,14-19,22-23H,5,7-10,13,20-21H2,1-4,6H3,(H-,36,37,40,41);1-2H3/p+1. The molecule has 2 aromatic carbocycles. The van der Waals surface area contributed by atoms with Crippen molar-refractivity contribution < 1.29 is 14.0 Å². The van der Waals surface area contributed by atoms with Crippen LogP contribution >= 0.6 is 0 Å². The second kappa shape index (κ2) is 16.5. The Balaban J connectivity index is 0.00000259. The lowest BCUT2D eigenvalue weighted by molar-refractivity contribution is -0.117. The third kappa shape index (κ3) is 7.76. The number of benzene rings is 3. The van der Waals surface area contributed by atoms with Gasteiger partial charge < -0.3 is 20.0 Å². The molecule has 2 aliphatic rings. The number of carbonyl (C=O) groups is 2. The van der Waals surface area contributed by atoms with Crippen LogP contribution in [0, 0.1) is 0 Å². The Morgan fingerprint density at radius 3 is 2.20 bits per heavy atom. The fourth-order valence-corrected chi connectivity index (χ4v) is 5.37. The summed E-state index contributed by atoms with van der Waals surface area (Å²) in [6.45, 7) is 22.4. The molecule has 1 aliphatic heterocycles. The van der Waals surface area contributed by atoms with E-state index in [0.717, 1.165) is 70.6 Å². The van der Waals surface area contributed by atoms with Gasteiger partial charge in [0.2, 0.25) is 11.3 Å². The van der Waals surface area contributed by atoms with Crippen LogP contribution < -0.4 is 25.5 Å². The van der Waals surface area contributed by atoms with Gasteiger partial charge in [0.25, 0.3) is 5.91 Å². The number of rotatable bonds is 12. The van der Waals surface area contributed by atoms with E-state index in [1.54, 1.807) is 6.92 Å². The molecule has 2 amide bonds. The van der Waals surface area contributed by atoms with E-state index in [9.17, 15) is 9.59 Å². The van der Waals surface area contributed by atoms with E-state index in [4.69, 9.17) is 4.42 Å². The van der Waals surface area contributed by atoms with Gasteiger partial charge in [-0.3, -0.25) is 9.59 Å². The molecule has 0 bridgehead atoms. The first-order valence-corrected chi connectivity index (χ1v) is 16.0. The zero-order valence-electron chi connectivity index (χ0n) is 27.5. The predicted octanol–water partition coefficient (Wildman–Crippen LogP) is 6.70. The van der Waals surface area contributed by atoms with Gasteiger partial charge in [0.1, 0.15) is 24.4 Å². The van der Waals surface area contributed by atoms with Crippen LogP contribution in [0.15, 0.2) is 77.2 Å². The molecule has 0 fully saturated rings. The van der Waals surface area contributed by atoms with E-state index in [-0.39, 0.29) is 11.8 Å². The summed E-state index contributed by atoms with van der Waals surface area (Å²) in [5.74, 6) is 0.453. The summed E-state index contributed by atoms with van der Waals surface area (Å²) in [5, 5.41) is 7.90. The van der Waals surface area contributed by atoms with Gasteiger partial charge in [0.15, 0.2) is 0 Å². The average Bonchev–Trinajstić information content (AvgIpc) is 3.05. The molecule has 0 atom stereocenters. The van der Waals surface area contributed by atoms with Gasteiger partial charge in [0.05, 0.1) is 6.07 Å². The van der Waals surface area contributed by atoms with Gasteiger partial charge in [0, 0.05) is 71.6 Å². The Bertz CT molecular complexity index is 1630. The van der Waals surface area contributed by atoms with E-state index < -0.39 is 0 Å². The fraction of sp³-hybridized carbons (Fsp3) is 0.378. The molecule has 0 unspecified atom stereocenters. The number of nitrogens with one attached hydrogen (secondary N) is 2. The average molecular weight is 598 g/mol. The van der Waals surface area contributed by atoms with Crippen molar-refractivity contribution in [3.8, 4) is 22.5 Å². The Morgan fingerprint density at radius 2 is 1.55 bits per heavy atom. The lowest BCUT2D eigenvalue weighted by Crippen LogP contribution is -2.30. The third-order valence-corrected chi connectivity index (χ3v) is 7.70. The van der Waals surface area contributed by atoms with Gasteiger partial charge in [-0.1, -0.05) is 38.6 Å². The second-order valence-corrected chi connectivity index (χ2v) is 10.4. The SMILES string of the molecule is C=C(C)C(=O)NCCCNC(=O)c1ccccc1-c1c2ccc(=[N+](CC)CC)cc-2oc2cc(N(CC)CC)ccc12.CC. The van der Waals surface area contributed by atoms with Crippen LogP contribution in [0.25, 0.3) is 33.4 Å². The van der Waals surface area contributed by atoms with Crippen LogP contribution in [0.3, 0.4) is 0 Å². The highest BCUT2D eigenvalue weighted by Crippen LogP contribution is 2.42. The lowest BCUT2D eigenvalue weighted by Gasteiger charge is -2.22. The molecule has 7 nitrogen and oxygen atoms in total. The number of hydrogen-bond acceptors (Lipinski definition) is 4. The van der Waals surface area contributed by atoms with E-state index in [2.05, 4.69) is 90.8 Å². The Kier molecular flexibility index (Phi) is 12.8. The summed E-state index contributed by atoms with van der Waals surface area (Å²) in [6, 6.07) is 20.4. The van der Waals surface area contributed by atoms with E-state index in [1.165, 1.54) is 0 Å². The Labute approximate surface area is 262 Å². The first-order chi connectivity index (χ1) is 21.3. The molecular formula is C37H49N4O3+. The summed E-state index contributed by atoms with van der Waals surface area (Å²) in [5.41, 5.74) is 5.73. The summed E-state index contributed by atoms with van der Waals surface area (Å²) < 4.78 is 8.90. The van der Waals surface area contributed by atoms with Crippen molar-refractivity contribution in [3.05, 3.63) is 83.7 Å². The van der Waals surface area contributed by atoms with Gasteiger partial charge in [-0.05, 0) is 70.9 Å². The van der Waals surface area contributed by atoms with Gasteiger partial charge >= 0.3 is 0 Å². The number of fused-ring (bicyclic) bond motifs is 2. The summed E-state index contributed by atoms with van der Waals surface area (Å²) in [6.07, 6.45) is 0.616. The Morgan fingerprint density at radius 1 is 0.864 bits per heavy atom. The minimum atomic E-state index is -0.173. The Hall–Kier alpha value is -4.39. The summed E-state index contributed by atoms with van der Waals surface area (Å²) >= 11 is 0.